The molecule has 0 radical (unpaired) electrons. The van der Waals surface area contributed by atoms with E-state index in [9.17, 15) is 9.59 Å². The Labute approximate surface area is 173 Å². The normalized spacial score (nSPS) is 11.8. The lowest BCUT2D eigenvalue weighted by Gasteiger charge is -2.11. The van der Waals surface area contributed by atoms with Crippen molar-refractivity contribution < 1.29 is 28.5 Å². The van der Waals surface area contributed by atoms with E-state index in [1.807, 2.05) is 0 Å². The number of rotatable bonds is 9. The molecule has 30 heavy (non-hydrogen) atoms. The van der Waals surface area contributed by atoms with Crippen LogP contribution in [0.4, 0.5) is 0 Å². The second-order valence-corrected chi connectivity index (χ2v) is 6.02. The van der Waals surface area contributed by atoms with Gasteiger partial charge in [-0.2, -0.15) is 5.10 Å². The van der Waals surface area contributed by atoms with Crippen LogP contribution in [0.25, 0.3) is 0 Å². The number of carbonyl (C=O) groups is 2. The van der Waals surface area contributed by atoms with Crippen molar-refractivity contribution in [2.75, 3.05) is 27.1 Å². The molecule has 0 fully saturated rings. The van der Waals surface area contributed by atoms with Gasteiger partial charge in [-0.1, -0.05) is 18.7 Å². The van der Waals surface area contributed by atoms with E-state index in [4.69, 9.17) is 18.9 Å². The summed E-state index contributed by atoms with van der Waals surface area (Å²) < 4.78 is 21.3. The average Bonchev–Trinajstić information content (AvgIpc) is 3.24. The standard InChI is InChI=1S/C21H21N3O6/c1-3-9-28-20-15(5-4-6-17(20)27-2)11-23-24-19(25)12-22-21(26)14-7-8-16-18(10-14)30-13-29-16/h3-8,10-11H,1,9,12-13H2,2H3,(H,22,26)(H,24,25). The van der Waals surface area contributed by atoms with Crippen molar-refractivity contribution in [1.29, 1.82) is 0 Å². The lowest BCUT2D eigenvalue weighted by atomic mass is 10.2. The second kappa shape index (κ2) is 9.97. The maximum Gasteiger partial charge on any atom is 0.259 e. The van der Waals surface area contributed by atoms with E-state index >= 15 is 0 Å². The zero-order valence-electron chi connectivity index (χ0n) is 16.3. The topological polar surface area (TPSA) is 107 Å². The number of benzene rings is 2. The predicted molar refractivity (Wildman–Crippen MR) is 109 cm³/mol. The van der Waals surface area contributed by atoms with Crippen molar-refractivity contribution in [1.82, 2.24) is 10.7 Å². The first-order valence-corrected chi connectivity index (χ1v) is 9.03. The summed E-state index contributed by atoms with van der Waals surface area (Å²) in [5.41, 5.74) is 3.32. The second-order valence-electron chi connectivity index (χ2n) is 6.02. The monoisotopic (exact) mass is 411 g/mol. The van der Waals surface area contributed by atoms with Gasteiger partial charge in [-0.05, 0) is 30.3 Å². The van der Waals surface area contributed by atoms with Gasteiger partial charge in [0.15, 0.2) is 23.0 Å². The molecule has 1 aliphatic heterocycles. The van der Waals surface area contributed by atoms with Crippen LogP contribution < -0.4 is 29.7 Å². The van der Waals surface area contributed by atoms with Crippen LogP contribution >= 0.6 is 0 Å². The summed E-state index contributed by atoms with van der Waals surface area (Å²) in [6, 6.07) is 10.1. The van der Waals surface area contributed by atoms with Crippen molar-refractivity contribution in [3.05, 3.63) is 60.2 Å². The van der Waals surface area contributed by atoms with E-state index in [0.29, 0.717) is 40.7 Å². The van der Waals surface area contributed by atoms with Crippen LogP contribution in [-0.2, 0) is 4.79 Å². The summed E-state index contributed by atoms with van der Waals surface area (Å²) in [5.74, 6) is 1.17. The Balaban J connectivity index is 1.54. The average molecular weight is 411 g/mol. The Hall–Kier alpha value is -4.01. The van der Waals surface area contributed by atoms with Crippen LogP contribution in [0.5, 0.6) is 23.0 Å². The van der Waals surface area contributed by atoms with Crippen molar-refractivity contribution >= 4 is 18.0 Å². The van der Waals surface area contributed by atoms with Crippen LogP contribution in [0.2, 0.25) is 0 Å². The molecule has 0 saturated carbocycles. The summed E-state index contributed by atoms with van der Waals surface area (Å²) >= 11 is 0. The third-order valence-corrected chi connectivity index (χ3v) is 4.01. The smallest absolute Gasteiger partial charge is 0.259 e. The van der Waals surface area contributed by atoms with Gasteiger partial charge in [-0.3, -0.25) is 9.59 Å². The highest BCUT2D eigenvalue weighted by molar-refractivity contribution is 5.97. The van der Waals surface area contributed by atoms with Crippen molar-refractivity contribution in [2.24, 2.45) is 5.10 Å². The SMILES string of the molecule is C=CCOc1c(C=NNC(=O)CNC(=O)c2ccc3c(c2)OCO3)cccc1OC. The molecule has 2 aromatic rings. The van der Waals surface area contributed by atoms with E-state index in [0.717, 1.165) is 0 Å². The van der Waals surface area contributed by atoms with Gasteiger partial charge in [0, 0.05) is 11.1 Å². The van der Waals surface area contributed by atoms with Gasteiger partial charge >= 0.3 is 0 Å². The lowest BCUT2D eigenvalue weighted by Crippen LogP contribution is -2.34. The van der Waals surface area contributed by atoms with E-state index in [2.05, 4.69) is 22.4 Å². The minimum absolute atomic E-state index is 0.119. The van der Waals surface area contributed by atoms with Crippen LogP contribution in [0.3, 0.4) is 0 Å². The Morgan fingerprint density at radius 2 is 2.07 bits per heavy atom. The Kier molecular flexibility index (Phi) is 6.88. The van der Waals surface area contributed by atoms with Crippen LogP contribution in [-0.4, -0.2) is 45.1 Å². The van der Waals surface area contributed by atoms with Gasteiger partial charge < -0.3 is 24.3 Å². The number of hydrogen-bond acceptors (Lipinski definition) is 7. The summed E-state index contributed by atoms with van der Waals surface area (Å²) in [4.78, 5) is 24.2. The maximum absolute atomic E-state index is 12.2. The summed E-state index contributed by atoms with van der Waals surface area (Å²) in [6.07, 6.45) is 3.04. The number of nitrogens with one attached hydrogen (secondary N) is 2. The first kappa shape index (κ1) is 20.7. The van der Waals surface area contributed by atoms with Gasteiger partial charge in [0.1, 0.15) is 6.61 Å². The molecule has 2 N–H and O–H groups in total. The number of para-hydroxylation sites is 1. The van der Waals surface area contributed by atoms with Gasteiger partial charge in [-0.25, -0.2) is 5.43 Å². The van der Waals surface area contributed by atoms with Gasteiger partial charge in [0.05, 0.1) is 19.9 Å². The van der Waals surface area contributed by atoms with E-state index in [-0.39, 0.29) is 13.3 Å². The minimum Gasteiger partial charge on any atom is -0.493 e. The maximum atomic E-state index is 12.2. The fourth-order valence-corrected chi connectivity index (χ4v) is 2.61. The van der Waals surface area contributed by atoms with Crippen LogP contribution in [0, 0.1) is 0 Å². The molecule has 0 unspecified atom stereocenters. The highest BCUT2D eigenvalue weighted by Gasteiger charge is 2.16. The zero-order valence-corrected chi connectivity index (χ0v) is 16.3. The molecule has 1 aliphatic rings. The highest BCUT2D eigenvalue weighted by atomic mass is 16.7. The Morgan fingerprint density at radius 1 is 1.23 bits per heavy atom. The van der Waals surface area contributed by atoms with Crippen molar-refractivity contribution in [2.45, 2.75) is 0 Å². The number of fused-ring (bicyclic) bond motifs is 1. The highest BCUT2D eigenvalue weighted by Crippen LogP contribution is 2.32. The largest absolute Gasteiger partial charge is 0.493 e. The number of ether oxygens (including phenoxy) is 4. The van der Waals surface area contributed by atoms with Crippen molar-refractivity contribution in [3.8, 4) is 23.0 Å². The minimum atomic E-state index is -0.489. The van der Waals surface area contributed by atoms with E-state index < -0.39 is 11.8 Å². The number of carbonyl (C=O) groups excluding carboxylic acids is 2. The molecule has 0 spiro atoms. The number of nitrogens with zero attached hydrogens (tertiary/aromatic N) is 1. The molecule has 9 heteroatoms. The Morgan fingerprint density at radius 3 is 2.87 bits per heavy atom. The lowest BCUT2D eigenvalue weighted by molar-refractivity contribution is -0.120. The van der Waals surface area contributed by atoms with Gasteiger partial charge in [0.25, 0.3) is 11.8 Å². The molecular weight excluding hydrogens is 390 g/mol. The van der Waals surface area contributed by atoms with E-state index in [1.54, 1.807) is 42.5 Å². The fourth-order valence-electron chi connectivity index (χ4n) is 2.61. The summed E-state index contributed by atoms with van der Waals surface area (Å²) in [7, 11) is 1.53. The van der Waals surface area contributed by atoms with E-state index in [1.165, 1.54) is 13.3 Å². The predicted octanol–water partition coefficient (Wildman–Crippen LogP) is 1.87. The summed E-state index contributed by atoms with van der Waals surface area (Å²) in [5, 5.41) is 6.43. The molecule has 0 bridgehead atoms. The molecule has 9 nitrogen and oxygen atoms in total. The Bertz CT molecular complexity index is 973. The molecule has 1 heterocycles. The third-order valence-electron chi connectivity index (χ3n) is 4.01. The molecule has 156 valence electrons. The molecular formula is C21H21N3O6. The molecule has 0 aliphatic carbocycles. The van der Waals surface area contributed by atoms with Crippen LogP contribution in [0.15, 0.2) is 54.2 Å². The molecule has 3 rings (SSSR count). The van der Waals surface area contributed by atoms with Crippen molar-refractivity contribution in [3.63, 3.8) is 0 Å². The number of methoxy groups -OCH3 is 1. The number of hydrazone groups is 1. The first-order valence-electron chi connectivity index (χ1n) is 9.03. The first-order chi connectivity index (χ1) is 14.6. The quantitative estimate of drug-likeness (QED) is 0.371. The number of amides is 2. The molecule has 2 aromatic carbocycles. The molecule has 2 amide bonds. The number of hydrogen-bond donors (Lipinski definition) is 2. The molecule has 0 aromatic heterocycles. The zero-order chi connectivity index (χ0) is 21.3. The summed E-state index contributed by atoms with van der Waals surface area (Å²) in [6.45, 7) is 3.78. The molecule has 0 atom stereocenters. The van der Waals surface area contributed by atoms with Gasteiger partial charge in [-0.15, -0.1) is 0 Å². The molecule has 0 saturated heterocycles. The fraction of sp³-hybridized carbons (Fsp3) is 0.190. The van der Waals surface area contributed by atoms with Crippen LogP contribution in [0.1, 0.15) is 15.9 Å². The third kappa shape index (κ3) is 5.07. The van der Waals surface area contributed by atoms with Gasteiger partial charge in [0.2, 0.25) is 6.79 Å².